The third kappa shape index (κ3) is 4.56. The third-order valence-electron chi connectivity index (χ3n) is 3.53. The van der Waals surface area contributed by atoms with Crippen molar-refractivity contribution in [3.8, 4) is 22.7 Å². The number of hydrogen-bond donors (Lipinski definition) is 1. The van der Waals surface area contributed by atoms with E-state index in [-0.39, 0.29) is 11.7 Å². The summed E-state index contributed by atoms with van der Waals surface area (Å²) in [6, 6.07) is 11.0. The number of benzene rings is 1. The molecule has 1 aromatic carbocycles. The number of carbonyl (C=O) groups is 1. The molecule has 1 amide bonds. The number of thiazole rings is 1. The number of aromatic nitrogens is 4. The molecule has 0 saturated carbocycles. The Morgan fingerprint density at radius 3 is 2.82 bits per heavy atom. The lowest BCUT2D eigenvalue weighted by Gasteiger charge is -1.99. The highest BCUT2D eigenvalue weighted by molar-refractivity contribution is 7.99. The molecule has 7 nitrogen and oxygen atoms in total. The first-order valence-corrected chi connectivity index (χ1v) is 10.3. The minimum atomic E-state index is -0.205. The second kappa shape index (κ2) is 8.51. The number of pyridine rings is 1. The summed E-state index contributed by atoms with van der Waals surface area (Å²) < 4.78 is 5.54. The molecule has 0 unspecified atom stereocenters. The number of nitrogens with one attached hydrogen (secondary N) is 1. The number of amides is 1. The molecule has 3 aromatic heterocycles. The normalized spacial score (nSPS) is 10.8. The zero-order valence-corrected chi connectivity index (χ0v) is 16.6. The van der Waals surface area contributed by atoms with E-state index in [1.807, 2.05) is 23.6 Å². The number of halogens is 1. The molecule has 0 radical (unpaired) electrons. The van der Waals surface area contributed by atoms with Crippen molar-refractivity contribution in [2.75, 3.05) is 11.1 Å². The zero-order valence-electron chi connectivity index (χ0n) is 14.2. The van der Waals surface area contributed by atoms with Crippen LogP contribution in [0.4, 0.5) is 5.13 Å². The Balaban J connectivity index is 1.33. The highest BCUT2D eigenvalue weighted by Crippen LogP contribution is 2.27. The van der Waals surface area contributed by atoms with Crippen molar-refractivity contribution in [1.29, 1.82) is 0 Å². The van der Waals surface area contributed by atoms with Crippen LogP contribution in [0.25, 0.3) is 22.7 Å². The first kappa shape index (κ1) is 18.6. The SMILES string of the molecule is O=C(CSc1nnc(-c2cccnc2)o1)Nc1nc(-c2ccc(Cl)cc2)cs1. The summed E-state index contributed by atoms with van der Waals surface area (Å²) in [6.07, 6.45) is 3.30. The lowest BCUT2D eigenvalue weighted by atomic mass is 10.2. The van der Waals surface area contributed by atoms with Crippen molar-refractivity contribution in [1.82, 2.24) is 20.2 Å². The monoisotopic (exact) mass is 429 g/mol. The quantitative estimate of drug-likeness (QED) is 0.446. The van der Waals surface area contributed by atoms with Gasteiger partial charge in [0.25, 0.3) is 5.22 Å². The van der Waals surface area contributed by atoms with Crippen LogP contribution < -0.4 is 5.32 Å². The van der Waals surface area contributed by atoms with E-state index in [9.17, 15) is 4.79 Å². The zero-order chi connectivity index (χ0) is 19.3. The van der Waals surface area contributed by atoms with Gasteiger partial charge in [-0.1, -0.05) is 35.5 Å². The Labute approximate surface area is 173 Å². The summed E-state index contributed by atoms with van der Waals surface area (Å²) in [7, 11) is 0. The van der Waals surface area contributed by atoms with Gasteiger partial charge in [0.05, 0.1) is 17.0 Å². The van der Waals surface area contributed by atoms with E-state index in [0.29, 0.717) is 21.3 Å². The molecule has 0 aliphatic rings. The van der Waals surface area contributed by atoms with Crippen molar-refractivity contribution in [2.24, 2.45) is 0 Å². The van der Waals surface area contributed by atoms with Gasteiger partial charge in [-0.25, -0.2) is 4.98 Å². The fraction of sp³-hybridized carbons (Fsp3) is 0.0556. The van der Waals surface area contributed by atoms with Gasteiger partial charge >= 0.3 is 0 Å². The second-order valence-electron chi connectivity index (χ2n) is 5.50. The highest BCUT2D eigenvalue weighted by Gasteiger charge is 2.13. The van der Waals surface area contributed by atoms with E-state index < -0.39 is 0 Å². The summed E-state index contributed by atoms with van der Waals surface area (Å²) in [4.78, 5) is 20.6. The van der Waals surface area contributed by atoms with Crippen molar-refractivity contribution >= 4 is 45.7 Å². The average Bonchev–Trinajstić information content (AvgIpc) is 3.37. The van der Waals surface area contributed by atoms with E-state index in [2.05, 4.69) is 25.5 Å². The van der Waals surface area contributed by atoms with Crippen LogP contribution in [0.15, 0.2) is 63.8 Å². The van der Waals surface area contributed by atoms with Crippen LogP contribution in [0.1, 0.15) is 0 Å². The van der Waals surface area contributed by atoms with Gasteiger partial charge in [0.15, 0.2) is 5.13 Å². The van der Waals surface area contributed by atoms with Crippen LogP contribution >= 0.6 is 34.7 Å². The standard InChI is InChI=1S/C18H12ClN5O2S2/c19-13-5-3-11(4-6-13)14-9-27-17(21-14)22-15(25)10-28-18-24-23-16(26-18)12-2-1-7-20-8-12/h1-9H,10H2,(H,21,22,25). The molecule has 140 valence electrons. The minimum absolute atomic E-state index is 0.129. The first-order chi connectivity index (χ1) is 13.7. The predicted molar refractivity (Wildman–Crippen MR) is 109 cm³/mol. The molecule has 4 rings (SSSR count). The van der Waals surface area contributed by atoms with Crippen molar-refractivity contribution in [3.63, 3.8) is 0 Å². The van der Waals surface area contributed by atoms with E-state index in [1.165, 1.54) is 11.3 Å². The Bertz CT molecular complexity index is 1080. The molecule has 1 N–H and O–H groups in total. The molecule has 10 heteroatoms. The molecule has 0 aliphatic heterocycles. The van der Waals surface area contributed by atoms with Crippen LogP contribution in [-0.4, -0.2) is 31.8 Å². The van der Waals surface area contributed by atoms with Crippen LogP contribution in [0.5, 0.6) is 0 Å². The van der Waals surface area contributed by atoms with Gasteiger partial charge < -0.3 is 9.73 Å². The maximum absolute atomic E-state index is 12.2. The fourth-order valence-electron chi connectivity index (χ4n) is 2.24. The van der Waals surface area contributed by atoms with Crippen LogP contribution in [-0.2, 0) is 4.79 Å². The largest absolute Gasteiger partial charge is 0.411 e. The van der Waals surface area contributed by atoms with Gasteiger partial charge in [-0.05, 0) is 24.3 Å². The molecule has 0 fully saturated rings. The summed E-state index contributed by atoms with van der Waals surface area (Å²) in [5, 5.41) is 14.1. The molecule has 0 spiro atoms. The number of thioether (sulfide) groups is 1. The van der Waals surface area contributed by atoms with E-state index >= 15 is 0 Å². The summed E-state index contributed by atoms with van der Waals surface area (Å²) in [5.41, 5.74) is 2.44. The molecular formula is C18H12ClN5O2S2. The van der Waals surface area contributed by atoms with E-state index in [0.717, 1.165) is 28.6 Å². The van der Waals surface area contributed by atoms with Crippen LogP contribution in [0.3, 0.4) is 0 Å². The maximum atomic E-state index is 12.2. The average molecular weight is 430 g/mol. The van der Waals surface area contributed by atoms with Gasteiger partial charge in [-0.2, -0.15) is 0 Å². The molecule has 28 heavy (non-hydrogen) atoms. The predicted octanol–water partition coefficient (Wildman–Crippen LogP) is 4.64. The first-order valence-electron chi connectivity index (χ1n) is 8.05. The number of carbonyl (C=O) groups excluding carboxylic acids is 1. The second-order valence-corrected chi connectivity index (χ2v) is 7.72. The lowest BCUT2D eigenvalue weighted by molar-refractivity contribution is -0.113. The smallest absolute Gasteiger partial charge is 0.277 e. The van der Waals surface area contributed by atoms with Gasteiger partial charge in [0.1, 0.15) is 0 Å². The number of hydrogen-bond acceptors (Lipinski definition) is 8. The molecule has 0 saturated heterocycles. The fourth-order valence-corrected chi connectivity index (χ4v) is 3.67. The Hall–Kier alpha value is -2.75. The third-order valence-corrected chi connectivity index (χ3v) is 5.36. The van der Waals surface area contributed by atoms with Gasteiger partial charge in [0, 0.05) is 28.4 Å². The van der Waals surface area contributed by atoms with Crippen molar-refractivity contribution in [2.45, 2.75) is 5.22 Å². The lowest BCUT2D eigenvalue weighted by Crippen LogP contribution is -2.13. The highest BCUT2D eigenvalue weighted by atomic mass is 35.5. The minimum Gasteiger partial charge on any atom is -0.411 e. The molecule has 0 aliphatic carbocycles. The molecule has 3 heterocycles. The van der Waals surface area contributed by atoms with E-state index in [4.69, 9.17) is 16.0 Å². The van der Waals surface area contributed by atoms with Crippen LogP contribution in [0, 0.1) is 0 Å². The van der Waals surface area contributed by atoms with Crippen molar-refractivity contribution in [3.05, 3.63) is 59.2 Å². The number of rotatable bonds is 6. The molecular weight excluding hydrogens is 418 g/mol. The molecule has 4 aromatic rings. The molecule has 0 atom stereocenters. The Morgan fingerprint density at radius 2 is 2.04 bits per heavy atom. The topological polar surface area (TPSA) is 93.8 Å². The number of anilines is 1. The Kier molecular flexibility index (Phi) is 5.65. The number of nitrogens with zero attached hydrogens (tertiary/aromatic N) is 4. The summed E-state index contributed by atoms with van der Waals surface area (Å²) in [6.45, 7) is 0. The van der Waals surface area contributed by atoms with Gasteiger partial charge in [0.2, 0.25) is 11.8 Å². The maximum Gasteiger partial charge on any atom is 0.277 e. The van der Waals surface area contributed by atoms with Crippen LogP contribution in [0.2, 0.25) is 5.02 Å². The molecule has 0 bridgehead atoms. The van der Waals surface area contributed by atoms with Crippen molar-refractivity contribution < 1.29 is 9.21 Å². The van der Waals surface area contributed by atoms with Gasteiger partial charge in [-0.15, -0.1) is 21.5 Å². The summed E-state index contributed by atoms with van der Waals surface area (Å²) >= 11 is 8.41. The Morgan fingerprint density at radius 1 is 1.18 bits per heavy atom. The van der Waals surface area contributed by atoms with Gasteiger partial charge in [-0.3, -0.25) is 9.78 Å². The van der Waals surface area contributed by atoms with E-state index in [1.54, 1.807) is 30.6 Å². The summed E-state index contributed by atoms with van der Waals surface area (Å²) in [5.74, 6) is 0.288.